The lowest BCUT2D eigenvalue weighted by atomic mass is 9.88. The van der Waals surface area contributed by atoms with E-state index in [0.29, 0.717) is 28.7 Å². The van der Waals surface area contributed by atoms with Gasteiger partial charge >= 0.3 is 0 Å². The number of sulfonamides is 1. The summed E-state index contributed by atoms with van der Waals surface area (Å²) in [4.78, 5) is 8.87. The van der Waals surface area contributed by atoms with E-state index in [-0.39, 0.29) is 22.7 Å². The van der Waals surface area contributed by atoms with Gasteiger partial charge in [-0.3, -0.25) is 14.5 Å². The van der Waals surface area contributed by atoms with Crippen molar-refractivity contribution in [1.29, 1.82) is 0 Å². The molecule has 13 nitrogen and oxygen atoms in total. The fourth-order valence-corrected chi connectivity index (χ4v) is 4.06. The van der Waals surface area contributed by atoms with E-state index in [1.165, 1.54) is 9.26 Å². The van der Waals surface area contributed by atoms with Crippen molar-refractivity contribution >= 4 is 51.5 Å². The normalized spacial score (nSPS) is 14.0. The summed E-state index contributed by atoms with van der Waals surface area (Å²) < 4.78 is 40.2. The molecule has 0 spiro atoms. The number of aromatic nitrogens is 8. The fourth-order valence-electron chi connectivity index (χ4n) is 3.47. The smallest absolute Gasteiger partial charge is 0.258 e. The minimum absolute atomic E-state index is 0.0562. The third-order valence-corrected chi connectivity index (χ3v) is 5.61. The highest BCUT2D eigenvalue weighted by Gasteiger charge is 2.27. The summed E-state index contributed by atoms with van der Waals surface area (Å²) >= 11 is 0.409. The number of nitrogens with zero attached hydrogens (tertiary/aromatic N) is 7. The van der Waals surface area contributed by atoms with Crippen molar-refractivity contribution in [3.63, 3.8) is 0 Å². The van der Waals surface area contributed by atoms with Crippen molar-refractivity contribution in [3.05, 3.63) is 22.2 Å². The first-order chi connectivity index (χ1) is 15.2. The number of aromatic amines is 1. The van der Waals surface area contributed by atoms with Crippen LogP contribution in [0.4, 0.5) is 11.9 Å². The number of rotatable bonds is 5. The molecule has 0 atom stereocenters. The molecule has 0 radical (unpaired) electrons. The van der Waals surface area contributed by atoms with E-state index in [0.717, 1.165) is 23.2 Å². The Morgan fingerprint density at radius 3 is 2.24 bits per heavy atom. The van der Waals surface area contributed by atoms with Gasteiger partial charge in [-0.1, -0.05) is 41.5 Å². The number of hydrogen-bond acceptors (Lipinski definition) is 10. The predicted molar refractivity (Wildman–Crippen MR) is 127 cm³/mol. The minimum atomic E-state index is -3.54. The molecule has 0 saturated carbocycles. The number of nitrogens with one attached hydrogen (secondary N) is 3. The largest absolute Gasteiger partial charge is 0.312 e. The molecule has 4 rings (SSSR count). The highest BCUT2D eigenvalue weighted by atomic mass is 32.2. The van der Waals surface area contributed by atoms with E-state index in [4.69, 9.17) is 4.55 Å². The second-order valence-corrected chi connectivity index (χ2v) is 11.9. The van der Waals surface area contributed by atoms with Crippen LogP contribution >= 0.6 is 12.2 Å². The van der Waals surface area contributed by atoms with Gasteiger partial charge in [0.2, 0.25) is 10.0 Å². The Kier molecular flexibility index (Phi) is 5.33. The van der Waals surface area contributed by atoms with Crippen molar-refractivity contribution in [2.45, 2.75) is 52.4 Å². The number of fused-ring (bicyclic) bond motifs is 2. The van der Waals surface area contributed by atoms with Crippen LogP contribution < -0.4 is 14.7 Å². The van der Waals surface area contributed by atoms with Gasteiger partial charge in [-0.15, -0.1) is 14.8 Å². The van der Waals surface area contributed by atoms with Crippen LogP contribution in [-0.4, -0.2) is 58.8 Å². The lowest BCUT2D eigenvalue weighted by Gasteiger charge is -2.18. The second-order valence-electron chi connectivity index (χ2n) is 9.79. The quantitative estimate of drug-likeness (QED) is 0.236. The summed E-state index contributed by atoms with van der Waals surface area (Å²) in [6, 6.07) is 0. The third kappa shape index (κ3) is 4.47. The molecule has 0 aliphatic carbocycles. The summed E-state index contributed by atoms with van der Waals surface area (Å²) in [5.74, 6) is 0.187. The summed E-state index contributed by atoms with van der Waals surface area (Å²) in [5.41, 5.74) is 2.73. The highest BCUT2D eigenvalue weighted by Crippen LogP contribution is 2.29. The van der Waals surface area contributed by atoms with Gasteiger partial charge < -0.3 is 4.55 Å². The van der Waals surface area contributed by atoms with Crippen LogP contribution in [0, 0.1) is 0 Å². The van der Waals surface area contributed by atoms with E-state index < -0.39 is 10.0 Å². The zero-order valence-corrected chi connectivity index (χ0v) is 20.9. The second kappa shape index (κ2) is 7.56. The Hall–Kier alpha value is -2.91. The van der Waals surface area contributed by atoms with Crippen molar-refractivity contribution in [1.82, 2.24) is 39.6 Å². The van der Waals surface area contributed by atoms with E-state index >= 15 is 0 Å². The average molecular weight is 495 g/mol. The van der Waals surface area contributed by atoms with Gasteiger partial charge in [0, 0.05) is 21.6 Å². The molecule has 0 unspecified atom stereocenters. The fraction of sp³-hybridized carbons (Fsp3) is 0.500. The maximum absolute atomic E-state index is 11.6. The van der Waals surface area contributed by atoms with Crippen LogP contribution in [0.15, 0.2) is 0 Å². The van der Waals surface area contributed by atoms with Crippen molar-refractivity contribution in [2.75, 3.05) is 15.7 Å². The van der Waals surface area contributed by atoms with Crippen LogP contribution in [0.2, 0.25) is 0 Å². The first kappa shape index (κ1) is 23.3. The molecule has 0 aliphatic rings. The standard InChI is InChI=1S/C18H26N10O3S2/c1-17(2,3)11-9(13-19-15(25-32-29)23-27(13)21-11)8-10-12(18(4,5)6)22-28-14(10)20-16(24-28)26-33(7,30)31/h8,21,29H,1-7H3,(H,23,25)(H,24,26)/b10-8-. The van der Waals surface area contributed by atoms with Crippen LogP contribution in [0.25, 0.3) is 17.4 Å². The van der Waals surface area contributed by atoms with Gasteiger partial charge in [-0.25, -0.2) is 8.42 Å². The zero-order chi connectivity index (χ0) is 24.3. The Morgan fingerprint density at radius 1 is 1.00 bits per heavy atom. The molecule has 33 heavy (non-hydrogen) atoms. The molecule has 4 heterocycles. The first-order valence-electron chi connectivity index (χ1n) is 10.00. The maximum Gasteiger partial charge on any atom is 0.258 e. The average Bonchev–Trinajstić information content (AvgIpc) is 3.34. The molecule has 0 fully saturated rings. The molecular weight excluding hydrogens is 468 g/mol. The highest BCUT2D eigenvalue weighted by molar-refractivity contribution is 7.95. The third-order valence-electron chi connectivity index (χ3n) is 4.78. The summed E-state index contributed by atoms with van der Waals surface area (Å²) in [7, 11) is -3.54. The van der Waals surface area contributed by atoms with E-state index in [2.05, 4.69) is 60.6 Å². The van der Waals surface area contributed by atoms with Gasteiger partial charge in [0.15, 0.2) is 11.3 Å². The number of H-pyrrole nitrogens is 1. The summed E-state index contributed by atoms with van der Waals surface area (Å²) in [6.07, 6.45) is 2.95. The number of hydrogen-bond donors (Lipinski definition) is 4. The minimum Gasteiger partial charge on any atom is -0.312 e. The molecule has 4 aromatic rings. The molecule has 0 aromatic carbocycles. The molecule has 0 bridgehead atoms. The molecule has 4 aromatic heterocycles. The van der Waals surface area contributed by atoms with Crippen LogP contribution in [0.3, 0.4) is 0 Å². The maximum atomic E-state index is 11.6. The van der Waals surface area contributed by atoms with Gasteiger partial charge in [0.05, 0.1) is 17.6 Å². The molecule has 0 aliphatic heterocycles. The van der Waals surface area contributed by atoms with Gasteiger partial charge in [0.25, 0.3) is 11.9 Å². The van der Waals surface area contributed by atoms with Crippen molar-refractivity contribution in [3.8, 4) is 0 Å². The van der Waals surface area contributed by atoms with E-state index in [9.17, 15) is 8.42 Å². The topological polar surface area (TPSA) is 167 Å². The lowest BCUT2D eigenvalue weighted by Crippen LogP contribution is -2.23. The van der Waals surface area contributed by atoms with Crippen LogP contribution in [-0.2, 0) is 20.9 Å². The van der Waals surface area contributed by atoms with Crippen molar-refractivity contribution < 1.29 is 13.0 Å². The zero-order valence-electron chi connectivity index (χ0n) is 19.3. The van der Waals surface area contributed by atoms with E-state index in [1.807, 2.05) is 26.8 Å². The first-order valence-corrected chi connectivity index (χ1v) is 12.7. The SMILES string of the molecule is CC(C)(C)c1[nH]n2nc(NSO)nc2c1/C=c1/c(C(C)(C)C)nn2nc(NS(C)(=O)=O)nc12. The Labute approximate surface area is 194 Å². The Bertz CT molecular complexity index is 1500. The van der Waals surface area contributed by atoms with Crippen LogP contribution in [0.5, 0.6) is 0 Å². The van der Waals surface area contributed by atoms with Gasteiger partial charge in [-0.2, -0.15) is 19.7 Å². The monoisotopic (exact) mass is 494 g/mol. The molecule has 15 heteroatoms. The van der Waals surface area contributed by atoms with Crippen LogP contribution in [0.1, 0.15) is 58.5 Å². The Balaban J connectivity index is 2.04. The lowest BCUT2D eigenvalue weighted by molar-refractivity contribution is 0.553. The van der Waals surface area contributed by atoms with Crippen molar-refractivity contribution in [2.24, 2.45) is 0 Å². The van der Waals surface area contributed by atoms with E-state index in [1.54, 1.807) is 0 Å². The molecule has 4 N–H and O–H groups in total. The molecule has 0 saturated heterocycles. The summed E-state index contributed by atoms with van der Waals surface area (Å²) in [5, 5.41) is 17.1. The van der Waals surface area contributed by atoms with Gasteiger partial charge in [-0.05, 0) is 6.08 Å². The summed E-state index contributed by atoms with van der Waals surface area (Å²) in [6.45, 7) is 12.3. The number of anilines is 2. The molecule has 0 amide bonds. The Morgan fingerprint density at radius 2 is 1.67 bits per heavy atom. The molecular formula is C18H26N10O3S2. The van der Waals surface area contributed by atoms with Gasteiger partial charge in [0.1, 0.15) is 12.2 Å². The molecule has 178 valence electrons. The predicted octanol–water partition coefficient (Wildman–Crippen LogP) is 1.54.